The predicted molar refractivity (Wildman–Crippen MR) is 81.0 cm³/mol. The van der Waals surface area contributed by atoms with Crippen molar-refractivity contribution in [2.24, 2.45) is 0 Å². The fraction of sp³-hybridized carbons (Fsp3) is 0.214. The number of aromatic carboxylic acids is 1. The number of urea groups is 1. The fourth-order valence-corrected chi connectivity index (χ4v) is 2.45. The summed E-state index contributed by atoms with van der Waals surface area (Å²) < 4.78 is 0. The van der Waals surface area contributed by atoms with Crippen LogP contribution in [0.5, 0.6) is 0 Å². The molecule has 2 rings (SSSR count). The van der Waals surface area contributed by atoms with Crippen molar-refractivity contribution in [3.05, 3.63) is 46.4 Å². The number of rotatable bonds is 5. The van der Waals surface area contributed by atoms with E-state index in [0.29, 0.717) is 18.7 Å². The summed E-state index contributed by atoms with van der Waals surface area (Å²) in [4.78, 5) is 28.6. The average Bonchev–Trinajstić information content (AvgIpc) is 2.99. The Labute approximate surface area is 126 Å². The molecule has 0 aliphatic heterocycles. The van der Waals surface area contributed by atoms with Crippen LogP contribution in [0.3, 0.4) is 0 Å². The first-order valence-corrected chi connectivity index (χ1v) is 7.20. The third kappa shape index (κ3) is 3.79. The first-order valence-electron chi connectivity index (χ1n) is 6.32. The molecule has 7 heteroatoms. The lowest BCUT2D eigenvalue weighted by molar-refractivity contribution is 0.0697. The van der Waals surface area contributed by atoms with Gasteiger partial charge in [0.15, 0.2) is 0 Å². The lowest BCUT2D eigenvalue weighted by atomic mass is 10.1. The molecule has 0 bridgehead atoms. The number of benzene rings is 1. The number of carboxylic acids is 1. The van der Waals surface area contributed by atoms with E-state index in [4.69, 9.17) is 5.11 Å². The van der Waals surface area contributed by atoms with E-state index < -0.39 is 5.97 Å². The Hall–Kier alpha value is -2.41. The molecule has 110 valence electrons. The van der Waals surface area contributed by atoms with Gasteiger partial charge in [0.2, 0.25) is 0 Å². The van der Waals surface area contributed by atoms with Crippen LogP contribution in [0, 0.1) is 0 Å². The van der Waals surface area contributed by atoms with Crippen molar-refractivity contribution in [2.75, 3.05) is 18.5 Å². The van der Waals surface area contributed by atoms with Gasteiger partial charge >= 0.3 is 12.0 Å². The molecule has 0 unspecified atom stereocenters. The second-order valence-corrected chi connectivity index (χ2v) is 5.27. The standard InChI is InChI=1S/C14H15N3O3S/c1-17(11-5-3-2-4-10(11)13(18)19)14(20)16-7-6-12-15-8-9-21-12/h2-5,8-9H,6-7H2,1H3,(H,16,20)(H,18,19). The highest BCUT2D eigenvalue weighted by atomic mass is 32.1. The van der Waals surface area contributed by atoms with Gasteiger partial charge in [-0.3, -0.25) is 4.90 Å². The number of nitrogens with one attached hydrogen (secondary N) is 1. The second kappa shape index (κ2) is 6.85. The summed E-state index contributed by atoms with van der Waals surface area (Å²) in [5.74, 6) is -1.06. The molecule has 0 aliphatic rings. The number of carbonyl (C=O) groups is 2. The highest BCUT2D eigenvalue weighted by Gasteiger charge is 2.17. The van der Waals surface area contributed by atoms with Crippen molar-refractivity contribution in [3.8, 4) is 0 Å². The highest BCUT2D eigenvalue weighted by Crippen LogP contribution is 2.19. The number of hydrogen-bond donors (Lipinski definition) is 2. The van der Waals surface area contributed by atoms with Crippen molar-refractivity contribution < 1.29 is 14.7 Å². The van der Waals surface area contributed by atoms with Crippen molar-refractivity contribution in [3.63, 3.8) is 0 Å². The lowest BCUT2D eigenvalue weighted by Crippen LogP contribution is -2.39. The number of carboxylic acid groups (broad SMARTS) is 1. The van der Waals surface area contributed by atoms with Crippen LogP contribution in [0.15, 0.2) is 35.8 Å². The zero-order valence-corrected chi connectivity index (χ0v) is 12.3. The van der Waals surface area contributed by atoms with E-state index in [9.17, 15) is 9.59 Å². The normalized spacial score (nSPS) is 10.1. The van der Waals surface area contributed by atoms with Crippen LogP contribution in [-0.4, -0.2) is 35.7 Å². The molecule has 2 N–H and O–H groups in total. The number of thiazole rings is 1. The summed E-state index contributed by atoms with van der Waals surface area (Å²) >= 11 is 1.53. The van der Waals surface area contributed by atoms with Crippen molar-refractivity contribution in [1.29, 1.82) is 0 Å². The first kappa shape index (κ1) is 15.0. The topological polar surface area (TPSA) is 82.5 Å². The summed E-state index contributed by atoms with van der Waals surface area (Å²) in [6.45, 7) is 0.450. The van der Waals surface area contributed by atoms with Gasteiger partial charge in [-0.25, -0.2) is 14.6 Å². The van der Waals surface area contributed by atoms with E-state index in [0.717, 1.165) is 5.01 Å². The van der Waals surface area contributed by atoms with Gasteiger partial charge in [0, 0.05) is 31.6 Å². The Morgan fingerprint density at radius 2 is 2.14 bits per heavy atom. The molecule has 0 fully saturated rings. The Kier molecular flexibility index (Phi) is 4.89. The van der Waals surface area contributed by atoms with Crippen molar-refractivity contribution >= 4 is 29.0 Å². The first-order chi connectivity index (χ1) is 10.1. The molecular formula is C14H15N3O3S. The molecule has 21 heavy (non-hydrogen) atoms. The fourth-order valence-electron chi connectivity index (χ4n) is 1.83. The Balaban J connectivity index is 1.97. The molecule has 0 spiro atoms. The van der Waals surface area contributed by atoms with Crippen LogP contribution in [0.1, 0.15) is 15.4 Å². The maximum atomic E-state index is 12.1. The number of para-hydroxylation sites is 1. The zero-order chi connectivity index (χ0) is 15.2. The molecular weight excluding hydrogens is 290 g/mol. The van der Waals surface area contributed by atoms with Crippen LogP contribution in [-0.2, 0) is 6.42 Å². The molecule has 2 amide bonds. The number of carbonyl (C=O) groups excluding carboxylic acids is 1. The van der Waals surface area contributed by atoms with Crippen molar-refractivity contribution in [2.45, 2.75) is 6.42 Å². The molecule has 0 aliphatic carbocycles. The van der Waals surface area contributed by atoms with Crippen LogP contribution < -0.4 is 10.2 Å². The van der Waals surface area contributed by atoms with E-state index >= 15 is 0 Å². The molecule has 1 heterocycles. The largest absolute Gasteiger partial charge is 0.478 e. The van der Waals surface area contributed by atoms with Gasteiger partial charge in [0.05, 0.1) is 16.3 Å². The minimum atomic E-state index is -1.06. The maximum Gasteiger partial charge on any atom is 0.337 e. The van der Waals surface area contributed by atoms with Crippen molar-refractivity contribution in [1.82, 2.24) is 10.3 Å². The summed E-state index contributed by atoms with van der Waals surface area (Å²) in [6.07, 6.45) is 2.37. The third-order valence-electron chi connectivity index (χ3n) is 2.90. The third-order valence-corrected chi connectivity index (χ3v) is 3.74. The molecule has 1 aromatic heterocycles. The number of anilines is 1. The molecule has 0 saturated heterocycles. The number of nitrogens with zero attached hydrogens (tertiary/aromatic N) is 2. The van der Waals surface area contributed by atoms with Gasteiger partial charge in [-0.2, -0.15) is 0 Å². The van der Waals surface area contributed by atoms with Crippen LogP contribution in [0.4, 0.5) is 10.5 Å². The van der Waals surface area contributed by atoms with E-state index in [1.807, 2.05) is 5.38 Å². The lowest BCUT2D eigenvalue weighted by Gasteiger charge is -2.19. The summed E-state index contributed by atoms with van der Waals surface area (Å²) in [7, 11) is 1.54. The monoisotopic (exact) mass is 305 g/mol. The van der Waals surface area contributed by atoms with E-state index in [2.05, 4.69) is 10.3 Å². The predicted octanol–water partition coefficient (Wildman–Crippen LogP) is 2.23. The molecule has 0 radical (unpaired) electrons. The van der Waals surface area contributed by atoms with E-state index in [1.54, 1.807) is 31.4 Å². The highest BCUT2D eigenvalue weighted by molar-refractivity contribution is 7.09. The zero-order valence-electron chi connectivity index (χ0n) is 11.4. The van der Waals surface area contributed by atoms with E-state index in [-0.39, 0.29) is 11.6 Å². The Morgan fingerprint density at radius 1 is 1.38 bits per heavy atom. The smallest absolute Gasteiger partial charge is 0.337 e. The van der Waals surface area contributed by atoms with E-state index in [1.165, 1.54) is 22.3 Å². The SMILES string of the molecule is CN(C(=O)NCCc1nccs1)c1ccccc1C(=O)O. The molecule has 2 aromatic rings. The minimum absolute atomic E-state index is 0.0927. The summed E-state index contributed by atoms with van der Waals surface area (Å²) in [5, 5.41) is 14.7. The van der Waals surface area contributed by atoms with Gasteiger partial charge in [0.1, 0.15) is 0 Å². The van der Waals surface area contributed by atoms with Gasteiger partial charge < -0.3 is 10.4 Å². The number of amides is 2. The maximum absolute atomic E-state index is 12.1. The average molecular weight is 305 g/mol. The summed E-state index contributed by atoms with van der Waals surface area (Å²) in [5.41, 5.74) is 0.451. The van der Waals surface area contributed by atoms with Crippen LogP contribution in [0.2, 0.25) is 0 Å². The number of aromatic nitrogens is 1. The molecule has 0 atom stereocenters. The second-order valence-electron chi connectivity index (χ2n) is 4.29. The Bertz CT molecular complexity index is 628. The van der Waals surface area contributed by atoms with Gasteiger partial charge in [0.25, 0.3) is 0 Å². The van der Waals surface area contributed by atoms with Gasteiger partial charge in [-0.15, -0.1) is 11.3 Å². The minimum Gasteiger partial charge on any atom is -0.478 e. The number of hydrogen-bond acceptors (Lipinski definition) is 4. The quantitative estimate of drug-likeness (QED) is 0.887. The van der Waals surface area contributed by atoms with Gasteiger partial charge in [-0.1, -0.05) is 12.1 Å². The van der Waals surface area contributed by atoms with Crippen LogP contribution in [0.25, 0.3) is 0 Å². The molecule has 0 saturated carbocycles. The molecule has 1 aromatic carbocycles. The van der Waals surface area contributed by atoms with Gasteiger partial charge in [-0.05, 0) is 12.1 Å². The molecule has 6 nitrogen and oxygen atoms in total. The summed E-state index contributed by atoms with van der Waals surface area (Å²) in [6, 6.07) is 6.05. The van der Waals surface area contributed by atoms with Crippen LogP contribution >= 0.6 is 11.3 Å². The Morgan fingerprint density at radius 3 is 2.81 bits per heavy atom.